The Morgan fingerprint density at radius 2 is 0.811 bits per heavy atom. The zero-order chi connectivity index (χ0) is 37.6. The molecule has 0 saturated heterocycles. The van der Waals surface area contributed by atoms with Crippen molar-refractivity contribution in [3.63, 3.8) is 0 Å². The van der Waals surface area contributed by atoms with Gasteiger partial charge >= 0.3 is 20.2 Å². The molecule has 0 bridgehead atoms. The molecule has 53 heavy (non-hydrogen) atoms. The monoisotopic (exact) mass is 740 g/mol. The van der Waals surface area contributed by atoms with E-state index in [1.165, 1.54) is 12.1 Å². The molecule has 8 heteroatoms. The molecule has 0 fully saturated rings. The third kappa shape index (κ3) is 7.47. The highest BCUT2D eigenvalue weighted by molar-refractivity contribution is 7.87. The van der Waals surface area contributed by atoms with Crippen LogP contribution in [0.4, 0.5) is 0 Å². The molecule has 0 heterocycles. The first kappa shape index (κ1) is 37.1. The van der Waals surface area contributed by atoms with E-state index in [4.69, 9.17) is 8.37 Å². The second-order valence-corrected chi connectivity index (χ2v) is 15.6. The number of aryl methyl sites for hydroxylation is 2. The predicted molar refractivity (Wildman–Crippen MR) is 212 cm³/mol. The summed E-state index contributed by atoms with van der Waals surface area (Å²) in [6.45, 7) is 7.19. The summed E-state index contributed by atoms with van der Waals surface area (Å²) in [6, 6.07) is 44.5. The lowest BCUT2D eigenvalue weighted by Gasteiger charge is -2.37. The van der Waals surface area contributed by atoms with Crippen molar-refractivity contribution in [2.75, 3.05) is 0 Å². The minimum Gasteiger partial charge on any atom is -0.378 e. The van der Waals surface area contributed by atoms with Crippen molar-refractivity contribution in [2.24, 2.45) is 0 Å². The molecule has 268 valence electrons. The van der Waals surface area contributed by atoms with Crippen molar-refractivity contribution in [3.8, 4) is 11.5 Å². The highest BCUT2D eigenvalue weighted by Crippen LogP contribution is 2.47. The topological polar surface area (TPSA) is 86.7 Å². The van der Waals surface area contributed by atoms with E-state index in [0.717, 1.165) is 22.3 Å². The number of rotatable bonds is 12. The van der Waals surface area contributed by atoms with E-state index in [0.29, 0.717) is 22.3 Å². The van der Waals surface area contributed by atoms with Crippen LogP contribution < -0.4 is 8.37 Å². The van der Waals surface area contributed by atoms with Gasteiger partial charge in [0.15, 0.2) is 0 Å². The van der Waals surface area contributed by atoms with Gasteiger partial charge in [0.25, 0.3) is 0 Å². The second-order valence-electron chi connectivity index (χ2n) is 12.6. The second kappa shape index (κ2) is 15.5. The number of hydrogen-bond acceptors (Lipinski definition) is 6. The number of hydrogen-bond donors (Lipinski definition) is 0. The first-order valence-electron chi connectivity index (χ1n) is 17.2. The minimum absolute atomic E-state index is 0.0988. The summed E-state index contributed by atoms with van der Waals surface area (Å²) < 4.78 is 65.9. The largest absolute Gasteiger partial charge is 0.378 e. The van der Waals surface area contributed by atoms with Crippen LogP contribution in [0.2, 0.25) is 0 Å². The Morgan fingerprint density at radius 1 is 0.453 bits per heavy atom. The van der Waals surface area contributed by atoms with Gasteiger partial charge in [-0.1, -0.05) is 133 Å². The van der Waals surface area contributed by atoms with Crippen LogP contribution in [0.3, 0.4) is 0 Å². The minimum atomic E-state index is -4.15. The number of benzene rings is 6. The summed E-state index contributed by atoms with van der Waals surface area (Å²) in [4.78, 5) is 0.198. The Balaban J connectivity index is 1.59. The van der Waals surface area contributed by atoms with Gasteiger partial charge in [0, 0.05) is 11.1 Å². The Bertz CT molecular complexity index is 2340. The van der Waals surface area contributed by atoms with Gasteiger partial charge in [-0.15, -0.1) is 0 Å². The van der Waals surface area contributed by atoms with Gasteiger partial charge in [-0.2, -0.15) is 16.8 Å². The fourth-order valence-corrected chi connectivity index (χ4v) is 9.08. The maximum atomic E-state index is 13.6. The van der Waals surface area contributed by atoms with Crippen LogP contribution in [0.15, 0.2) is 168 Å². The van der Waals surface area contributed by atoms with Crippen LogP contribution in [0.25, 0.3) is 12.2 Å². The van der Waals surface area contributed by atoms with E-state index < -0.39 is 25.7 Å². The van der Waals surface area contributed by atoms with Gasteiger partial charge in [-0.3, -0.25) is 0 Å². The third-order valence-electron chi connectivity index (χ3n) is 9.12. The predicted octanol–water partition coefficient (Wildman–Crippen LogP) is 10.3. The van der Waals surface area contributed by atoms with E-state index in [-0.39, 0.29) is 21.3 Å². The SMILES string of the molecule is CC=Cc1cc(C(c2ccccc2)(c2ccccc2)c2ccc(OS(=O)(=O)c3ccccc3C)c(C=CC)c2)ccc1OS(=O)(=O)c1ccccc1C. The van der Waals surface area contributed by atoms with Crippen molar-refractivity contribution in [1.29, 1.82) is 0 Å². The van der Waals surface area contributed by atoms with Gasteiger partial charge in [0.1, 0.15) is 21.3 Å². The van der Waals surface area contributed by atoms with Crippen molar-refractivity contribution in [1.82, 2.24) is 0 Å². The molecule has 0 aromatic heterocycles. The van der Waals surface area contributed by atoms with Crippen LogP contribution in [-0.2, 0) is 25.7 Å². The first-order valence-corrected chi connectivity index (χ1v) is 20.0. The molecule has 0 amide bonds. The van der Waals surface area contributed by atoms with E-state index in [1.807, 2.05) is 98.8 Å². The van der Waals surface area contributed by atoms with Gasteiger partial charge in [0.05, 0.1) is 5.41 Å². The van der Waals surface area contributed by atoms with Crippen LogP contribution in [0, 0.1) is 13.8 Å². The summed E-state index contributed by atoms with van der Waals surface area (Å²) in [6.07, 6.45) is 7.33. The van der Waals surface area contributed by atoms with E-state index in [2.05, 4.69) is 24.3 Å². The van der Waals surface area contributed by atoms with Crippen LogP contribution in [0.1, 0.15) is 58.4 Å². The van der Waals surface area contributed by atoms with Gasteiger partial charge < -0.3 is 8.37 Å². The molecule has 0 saturated carbocycles. The Labute approximate surface area is 313 Å². The maximum absolute atomic E-state index is 13.6. The van der Waals surface area contributed by atoms with Crippen LogP contribution in [-0.4, -0.2) is 16.8 Å². The summed E-state index contributed by atoms with van der Waals surface area (Å²) in [5, 5.41) is 0. The maximum Gasteiger partial charge on any atom is 0.339 e. The molecule has 0 radical (unpaired) electrons. The van der Waals surface area contributed by atoms with Crippen molar-refractivity contribution >= 4 is 32.4 Å². The van der Waals surface area contributed by atoms with Crippen LogP contribution in [0.5, 0.6) is 11.5 Å². The summed E-state index contributed by atoms with van der Waals surface area (Å²) in [7, 11) is -8.30. The standard InChI is InChI=1S/C45H40O6S2/c1-5-17-35-31-39(27-29-41(35)50-52(46,47)43-25-15-13-19-33(43)3)45(37-21-9-7-10-22-37,38-23-11-8-12-24-38)40-28-30-42(36(32-40)18-6-2)51-53(48,49)44-26-16-14-20-34(44)4/h5-32H,1-4H3. The Morgan fingerprint density at radius 3 is 1.17 bits per heavy atom. The van der Waals surface area contributed by atoms with Crippen molar-refractivity contribution in [2.45, 2.75) is 42.9 Å². The highest BCUT2D eigenvalue weighted by Gasteiger charge is 2.39. The van der Waals surface area contributed by atoms with Crippen molar-refractivity contribution in [3.05, 3.63) is 202 Å². The van der Waals surface area contributed by atoms with E-state index in [9.17, 15) is 16.8 Å². The van der Waals surface area contributed by atoms with E-state index in [1.54, 1.807) is 62.4 Å². The smallest absolute Gasteiger partial charge is 0.339 e. The molecule has 0 spiro atoms. The Hall–Kier alpha value is -5.70. The quantitative estimate of drug-likeness (QED) is 0.0917. The third-order valence-corrected chi connectivity index (χ3v) is 11.9. The van der Waals surface area contributed by atoms with E-state index >= 15 is 0 Å². The average Bonchev–Trinajstić information content (AvgIpc) is 3.15. The molecular formula is C45H40O6S2. The molecule has 0 aliphatic rings. The first-order chi connectivity index (χ1) is 25.5. The molecule has 6 nitrogen and oxygen atoms in total. The molecule has 6 aromatic carbocycles. The average molecular weight is 741 g/mol. The lowest BCUT2D eigenvalue weighted by atomic mass is 9.64. The molecular weight excluding hydrogens is 701 g/mol. The normalized spacial score (nSPS) is 12.3. The molecule has 0 atom stereocenters. The summed E-state index contributed by atoms with van der Waals surface area (Å²) in [5.74, 6) is 0.370. The van der Waals surface area contributed by atoms with Gasteiger partial charge in [-0.05, 0) is 97.5 Å². The van der Waals surface area contributed by atoms with Crippen molar-refractivity contribution < 1.29 is 25.2 Å². The molecule has 0 aliphatic heterocycles. The summed E-state index contributed by atoms with van der Waals surface area (Å²) in [5.41, 5.74) is 4.87. The van der Waals surface area contributed by atoms with Gasteiger partial charge in [-0.25, -0.2) is 0 Å². The Kier molecular flexibility index (Phi) is 10.8. The zero-order valence-corrected chi connectivity index (χ0v) is 31.6. The highest BCUT2D eigenvalue weighted by atomic mass is 32.2. The molecule has 0 N–H and O–H groups in total. The van der Waals surface area contributed by atoms with Crippen LogP contribution >= 0.6 is 0 Å². The summed E-state index contributed by atoms with van der Waals surface area (Å²) >= 11 is 0. The zero-order valence-electron chi connectivity index (χ0n) is 29.9. The fraction of sp³-hybridized carbons (Fsp3) is 0.111. The number of allylic oxidation sites excluding steroid dienone is 2. The van der Waals surface area contributed by atoms with Gasteiger partial charge in [0.2, 0.25) is 0 Å². The lowest BCUT2D eigenvalue weighted by molar-refractivity contribution is 0.483. The molecule has 6 aromatic rings. The fourth-order valence-electron chi connectivity index (χ4n) is 6.71. The lowest BCUT2D eigenvalue weighted by Crippen LogP contribution is -2.31. The molecule has 0 aliphatic carbocycles. The molecule has 0 unspecified atom stereocenters. The molecule has 6 rings (SSSR count).